The number of aromatic nitrogens is 2. The minimum Gasteiger partial charge on any atom is -0.309 e. The first-order valence-corrected chi connectivity index (χ1v) is 30.4. The molecule has 0 amide bonds. The Labute approximate surface area is 490 Å². The highest BCUT2D eigenvalue weighted by molar-refractivity contribution is 7.26. The van der Waals surface area contributed by atoms with Gasteiger partial charge in [0.1, 0.15) is 0 Å². The molecule has 0 aliphatic heterocycles. The molecule has 0 aliphatic rings. The van der Waals surface area contributed by atoms with E-state index in [9.17, 15) is 0 Å². The van der Waals surface area contributed by atoms with Gasteiger partial charge >= 0.3 is 0 Å². The number of hydrogen-bond acceptors (Lipinski definition) is 4. The van der Waals surface area contributed by atoms with E-state index in [2.05, 4.69) is 298 Å². The second kappa shape index (κ2) is 17.5. The molecule has 0 unspecified atom stereocenters. The van der Waals surface area contributed by atoms with E-state index in [-0.39, 0.29) is 0 Å². The van der Waals surface area contributed by atoms with Crippen molar-refractivity contribution in [3.63, 3.8) is 0 Å². The van der Waals surface area contributed by atoms with Crippen LogP contribution in [0.25, 0.3) is 139 Å². The molecule has 4 nitrogen and oxygen atoms in total. The van der Waals surface area contributed by atoms with Crippen LogP contribution in [0.4, 0.5) is 34.1 Å². The first-order chi connectivity index (χ1) is 41.7. The van der Waals surface area contributed by atoms with Crippen molar-refractivity contribution in [2.75, 3.05) is 9.80 Å². The van der Waals surface area contributed by atoms with Gasteiger partial charge in [-0.1, -0.05) is 182 Å². The first kappa shape index (κ1) is 46.1. The lowest BCUT2D eigenvalue weighted by atomic mass is 9.96. The Morgan fingerprint density at radius 3 is 1.10 bits per heavy atom. The van der Waals surface area contributed by atoms with E-state index in [1.54, 1.807) is 0 Å². The summed E-state index contributed by atoms with van der Waals surface area (Å²) in [6, 6.07) is 104. The maximum atomic E-state index is 2.56. The molecule has 19 rings (SSSR count). The van der Waals surface area contributed by atoms with Crippen LogP contribution in [0, 0.1) is 0 Å². The fourth-order valence-corrected chi connectivity index (χ4v) is 16.9. The van der Waals surface area contributed by atoms with Crippen LogP contribution in [0.15, 0.2) is 279 Å². The maximum Gasteiger partial charge on any atom is 0.0640 e. The second-order valence-corrected chi connectivity index (χ2v) is 24.4. The van der Waals surface area contributed by atoms with Crippen molar-refractivity contribution in [2.24, 2.45) is 0 Å². The molecule has 0 aliphatic carbocycles. The van der Waals surface area contributed by atoms with Crippen molar-refractivity contribution in [1.82, 2.24) is 8.80 Å². The highest BCUT2D eigenvalue weighted by Crippen LogP contribution is 2.52. The highest BCUT2D eigenvalue weighted by Gasteiger charge is 2.27. The molecule has 6 aromatic heterocycles. The van der Waals surface area contributed by atoms with Gasteiger partial charge in [-0.25, -0.2) is 0 Å². The van der Waals surface area contributed by atoms with Crippen LogP contribution in [-0.4, -0.2) is 8.80 Å². The summed E-state index contributed by atoms with van der Waals surface area (Å²) in [6.45, 7) is 0. The van der Waals surface area contributed by atoms with Crippen LogP contribution in [-0.2, 0) is 0 Å². The Morgan fingerprint density at radius 1 is 0.250 bits per heavy atom. The topological polar surface area (TPSA) is 15.3 Å². The molecule has 6 heteroatoms. The summed E-state index contributed by atoms with van der Waals surface area (Å²) in [4.78, 5) is 4.89. The molecule has 390 valence electrons. The van der Waals surface area contributed by atoms with Gasteiger partial charge in [0.25, 0.3) is 0 Å². The monoisotopic (exact) mass is 1100 g/mol. The third kappa shape index (κ3) is 6.41. The zero-order valence-corrected chi connectivity index (χ0v) is 46.8. The fourth-order valence-electron chi connectivity index (χ4n) is 14.4. The van der Waals surface area contributed by atoms with Gasteiger partial charge in [-0.15, -0.1) is 22.7 Å². The van der Waals surface area contributed by atoms with Crippen LogP contribution in [0.1, 0.15) is 0 Å². The summed E-state index contributed by atoms with van der Waals surface area (Å²) >= 11 is 3.74. The number of benzene rings is 13. The molecule has 0 atom stereocenters. The normalized spacial score (nSPS) is 12.3. The van der Waals surface area contributed by atoms with Crippen LogP contribution in [0.3, 0.4) is 0 Å². The van der Waals surface area contributed by atoms with Crippen molar-refractivity contribution in [1.29, 1.82) is 0 Å². The largest absolute Gasteiger partial charge is 0.309 e. The molecule has 13 aromatic carbocycles. The summed E-state index contributed by atoms with van der Waals surface area (Å²) in [5.41, 5.74) is 19.1. The number of hydrogen-bond donors (Lipinski definition) is 0. The Hall–Kier alpha value is -10.5. The summed E-state index contributed by atoms with van der Waals surface area (Å²) in [5, 5.41) is 15.3. The van der Waals surface area contributed by atoms with Crippen LogP contribution in [0.2, 0.25) is 0 Å². The summed E-state index contributed by atoms with van der Waals surface area (Å²) in [6.07, 6.45) is 0. The van der Waals surface area contributed by atoms with E-state index in [1.807, 2.05) is 22.7 Å². The fraction of sp³-hybridized carbons (Fsp3) is 0. The van der Waals surface area contributed by atoms with Crippen LogP contribution >= 0.6 is 22.7 Å². The lowest BCUT2D eigenvalue weighted by Crippen LogP contribution is -2.10. The third-order valence-corrected chi connectivity index (χ3v) is 20.3. The Morgan fingerprint density at radius 2 is 0.631 bits per heavy atom. The van der Waals surface area contributed by atoms with Gasteiger partial charge < -0.3 is 18.6 Å². The molecular weight excluding hydrogens is 1060 g/mol. The van der Waals surface area contributed by atoms with Gasteiger partial charge in [-0.2, -0.15) is 0 Å². The molecule has 0 N–H and O–H groups in total. The molecule has 19 aromatic rings. The van der Waals surface area contributed by atoms with E-state index < -0.39 is 0 Å². The lowest BCUT2D eigenvalue weighted by Gasteiger charge is -2.26. The highest BCUT2D eigenvalue weighted by atomic mass is 32.1. The predicted octanol–water partition coefficient (Wildman–Crippen LogP) is 23.0. The lowest BCUT2D eigenvalue weighted by molar-refractivity contribution is 1.30. The number of nitrogens with zero attached hydrogens (tertiary/aromatic N) is 4. The zero-order valence-electron chi connectivity index (χ0n) is 45.2. The van der Waals surface area contributed by atoms with E-state index in [1.165, 1.54) is 150 Å². The standard InChI is InChI=1S/C78H46N4S2/c1-3-21-49(22-4-1)79(67-35-17-31-59-55-27-9-13-37-71(55)83-77(59)67)51-25-15-19-47(43-51)53-39-41-57-63-45-70-64(46-69(63)81-65-33-11-7-29-61(65)73(53)75(57)81)58-42-40-54(74-62-30-8-12-34-66(62)82(70)76(58)74)48-20-16-26-52(44-48)80(50-23-5-2-6-24-50)68-36-18-32-60-56-28-10-14-38-72(56)84-78(60)68/h1-46H. The zero-order chi connectivity index (χ0) is 54.7. The third-order valence-electron chi connectivity index (χ3n) is 17.9. The van der Waals surface area contributed by atoms with Crippen molar-refractivity contribution in [3.8, 4) is 22.3 Å². The molecule has 6 heterocycles. The number of fused-ring (bicyclic) bond motifs is 18. The van der Waals surface area contributed by atoms with Crippen LogP contribution in [0.5, 0.6) is 0 Å². The smallest absolute Gasteiger partial charge is 0.0640 e. The number of para-hydroxylation sites is 4. The van der Waals surface area contributed by atoms with Gasteiger partial charge in [0.15, 0.2) is 0 Å². The van der Waals surface area contributed by atoms with Gasteiger partial charge in [0.05, 0.1) is 53.9 Å². The Kier molecular flexibility index (Phi) is 9.62. The van der Waals surface area contributed by atoms with E-state index in [0.717, 1.165) is 22.7 Å². The molecule has 0 bridgehead atoms. The Bertz CT molecular complexity index is 5520. The summed E-state index contributed by atoms with van der Waals surface area (Å²) < 4.78 is 10.3. The molecule has 0 fully saturated rings. The molecular formula is C78H46N4S2. The van der Waals surface area contributed by atoms with Gasteiger partial charge in [-0.05, 0) is 119 Å². The molecule has 84 heavy (non-hydrogen) atoms. The minimum atomic E-state index is 1.12. The number of thiophene rings is 2. The molecule has 0 radical (unpaired) electrons. The van der Waals surface area contributed by atoms with Crippen molar-refractivity contribution >= 4 is 173 Å². The molecule has 0 saturated carbocycles. The average molecular weight is 1100 g/mol. The first-order valence-electron chi connectivity index (χ1n) is 28.7. The van der Waals surface area contributed by atoms with E-state index in [0.29, 0.717) is 0 Å². The van der Waals surface area contributed by atoms with Gasteiger partial charge in [0.2, 0.25) is 0 Å². The SMILES string of the molecule is c1ccc(N(c2cccc(-c3ccc4c5cc6c(cc5n5c7ccccc7c3c45)c3ccc(-c4cccc(N(c5ccccc5)c5cccc7c5sc5ccccc57)c4)c4c5ccccc5n6c34)c2)c2cccc3c2sc2ccccc23)cc1. The summed E-state index contributed by atoms with van der Waals surface area (Å²) in [5.74, 6) is 0. The number of rotatable bonds is 8. The predicted molar refractivity (Wildman–Crippen MR) is 362 cm³/mol. The van der Waals surface area contributed by atoms with Crippen molar-refractivity contribution in [3.05, 3.63) is 279 Å². The van der Waals surface area contributed by atoms with E-state index >= 15 is 0 Å². The van der Waals surface area contributed by atoms with Gasteiger partial charge in [0, 0.05) is 96.8 Å². The molecule has 0 spiro atoms. The Balaban J connectivity index is 0.792. The second-order valence-electron chi connectivity index (χ2n) is 22.3. The quantitative estimate of drug-likeness (QED) is 0.151. The average Bonchev–Trinajstić information content (AvgIpc) is 2.98. The van der Waals surface area contributed by atoms with Gasteiger partial charge in [-0.3, -0.25) is 0 Å². The minimum absolute atomic E-state index is 1.12. The van der Waals surface area contributed by atoms with Crippen molar-refractivity contribution < 1.29 is 0 Å². The number of anilines is 6. The molecule has 0 saturated heterocycles. The van der Waals surface area contributed by atoms with E-state index in [4.69, 9.17) is 0 Å². The van der Waals surface area contributed by atoms with Crippen molar-refractivity contribution in [2.45, 2.75) is 0 Å². The van der Waals surface area contributed by atoms with Crippen LogP contribution < -0.4 is 9.80 Å². The summed E-state index contributed by atoms with van der Waals surface area (Å²) in [7, 11) is 0. The maximum absolute atomic E-state index is 2.56.